The quantitative estimate of drug-likeness (QED) is 0.661. The molecule has 0 saturated carbocycles. The maximum absolute atomic E-state index is 12.4. The first-order chi connectivity index (χ1) is 9.34. The van der Waals surface area contributed by atoms with Crippen LogP contribution in [0.5, 0.6) is 0 Å². The summed E-state index contributed by atoms with van der Waals surface area (Å²) in [6, 6.07) is 19.4. The van der Waals surface area contributed by atoms with Gasteiger partial charge >= 0.3 is 0 Å². The Labute approximate surface area is 111 Å². The number of hydrogen-bond acceptors (Lipinski definition) is 2. The molecule has 0 amide bonds. The van der Waals surface area contributed by atoms with Gasteiger partial charge in [0.1, 0.15) is 0 Å². The lowest BCUT2D eigenvalue weighted by atomic mass is 10.0. The molecule has 0 aliphatic heterocycles. The van der Waals surface area contributed by atoms with Gasteiger partial charge in [-0.1, -0.05) is 48.5 Å². The predicted molar refractivity (Wildman–Crippen MR) is 76.2 cm³/mol. The number of carbonyl (C=O) groups excluding carboxylic acids is 1. The van der Waals surface area contributed by atoms with Crippen LogP contribution in [0.1, 0.15) is 15.9 Å². The fourth-order valence-electron chi connectivity index (χ4n) is 2.21. The van der Waals surface area contributed by atoms with Crippen LogP contribution in [0, 0.1) is 0 Å². The van der Waals surface area contributed by atoms with Gasteiger partial charge in [-0.2, -0.15) is 0 Å². The van der Waals surface area contributed by atoms with Gasteiger partial charge in [-0.25, -0.2) is 0 Å². The molecule has 1 heterocycles. The Bertz CT molecular complexity index is 714. The molecule has 0 saturated heterocycles. The smallest absolute Gasteiger partial charge is 0.169 e. The molecule has 0 unspecified atom stereocenters. The summed E-state index contributed by atoms with van der Waals surface area (Å²) in [7, 11) is 0. The zero-order valence-corrected chi connectivity index (χ0v) is 10.4. The van der Waals surface area contributed by atoms with Crippen molar-refractivity contribution in [2.24, 2.45) is 0 Å². The second kappa shape index (κ2) is 5.02. The van der Waals surface area contributed by atoms with Gasteiger partial charge in [0.25, 0.3) is 0 Å². The Morgan fingerprint density at radius 1 is 0.895 bits per heavy atom. The van der Waals surface area contributed by atoms with Crippen molar-refractivity contribution in [2.75, 3.05) is 0 Å². The van der Waals surface area contributed by atoms with Gasteiger partial charge in [-0.3, -0.25) is 9.78 Å². The first-order valence-corrected chi connectivity index (χ1v) is 6.25. The number of para-hydroxylation sites is 1. The van der Waals surface area contributed by atoms with Crippen LogP contribution in [0.25, 0.3) is 10.9 Å². The Balaban J connectivity index is 1.98. The van der Waals surface area contributed by atoms with Crippen molar-refractivity contribution in [1.82, 2.24) is 4.98 Å². The van der Waals surface area contributed by atoms with E-state index in [-0.39, 0.29) is 5.78 Å². The van der Waals surface area contributed by atoms with Crippen molar-refractivity contribution in [3.05, 3.63) is 78.0 Å². The molecule has 2 heteroatoms. The van der Waals surface area contributed by atoms with Crippen LogP contribution in [-0.4, -0.2) is 10.8 Å². The summed E-state index contributed by atoms with van der Waals surface area (Å²) in [6.07, 6.45) is 2.14. The number of ketones is 1. The lowest BCUT2D eigenvalue weighted by molar-refractivity contribution is 0.0994. The van der Waals surface area contributed by atoms with Gasteiger partial charge in [0, 0.05) is 23.6 Å². The first kappa shape index (κ1) is 11.6. The molecular formula is C17H13NO. The number of benzene rings is 2. The number of carbonyl (C=O) groups is 1. The van der Waals surface area contributed by atoms with Crippen molar-refractivity contribution >= 4 is 16.7 Å². The van der Waals surface area contributed by atoms with Crippen molar-refractivity contribution in [2.45, 2.75) is 6.42 Å². The first-order valence-electron chi connectivity index (χ1n) is 6.25. The lowest BCUT2D eigenvalue weighted by Crippen LogP contribution is -2.04. The number of nitrogens with zero attached hydrogens (tertiary/aromatic N) is 1. The van der Waals surface area contributed by atoms with Crippen LogP contribution in [-0.2, 0) is 6.42 Å². The fourth-order valence-corrected chi connectivity index (χ4v) is 2.21. The number of pyridine rings is 1. The zero-order chi connectivity index (χ0) is 13.1. The summed E-state index contributed by atoms with van der Waals surface area (Å²) in [4.78, 5) is 16.7. The van der Waals surface area contributed by atoms with E-state index >= 15 is 0 Å². The number of fused-ring (bicyclic) bond motifs is 1. The molecular weight excluding hydrogens is 234 g/mol. The zero-order valence-electron chi connectivity index (χ0n) is 10.4. The largest absolute Gasteiger partial charge is 0.294 e. The molecule has 0 bridgehead atoms. The van der Waals surface area contributed by atoms with Crippen LogP contribution in [0.4, 0.5) is 0 Å². The summed E-state index contributed by atoms with van der Waals surface area (Å²) in [5, 5.41) is 1.00. The molecule has 0 spiro atoms. The van der Waals surface area contributed by atoms with E-state index in [1.165, 1.54) is 0 Å². The maximum atomic E-state index is 12.4. The number of Topliss-reactive ketones (excluding diaryl/α,β-unsaturated/α-hetero) is 1. The topological polar surface area (TPSA) is 30.0 Å². The minimum absolute atomic E-state index is 0.107. The Morgan fingerprint density at radius 3 is 2.53 bits per heavy atom. The van der Waals surface area contributed by atoms with Crippen LogP contribution >= 0.6 is 0 Å². The predicted octanol–water partition coefficient (Wildman–Crippen LogP) is 3.66. The van der Waals surface area contributed by atoms with Crippen molar-refractivity contribution in [1.29, 1.82) is 0 Å². The molecule has 1 aromatic heterocycles. The van der Waals surface area contributed by atoms with E-state index < -0.39 is 0 Å². The van der Waals surface area contributed by atoms with Crippen LogP contribution in [0.3, 0.4) is 0 Å². The van der Waals surface area contributed by atoms with Crippen molar-refractivity contribution in [3.8, 4) is 0 Å². The van der Waals surface area contributed by atoms with Crippen LogP contribution in [0.2, 0.25) is 0 Å². The number of rotatable bonds is 3. The summed E-state index contributed by atoms with van der Waals surface area (Å²) in [5.41, 5.74) is 2.51. The highest BCUT2D eigenvalue weighted by atomic mass is 16.1. The molecule has 19 heavy (non-hydrogen) atoms. The Hall–Kier alpha value is -2.48. The monoisotopic (exact) mass is 247 g/mol. The third-order valence-electron chi connectivity index (χ3n) is 3.14. The molecule has 2 aromatic carbocycles. The lowest BCUT2D eigenvalue weighted by Gasteiger charge is -2.05. The third-order valence-corrected chi connectivity index (χ3v) is 3.14. The van der Waals surface area contributed by atoms with E-state index in [4.69, 9.17) is 0 Å². The number of hydrogen-bond donors (Lipinski definition) is 0. The molecule has 92 valence electrons. The minimum atomic E-state index is 0.107. The van der Waals surface area contributed by atoms with E-state index in [1.54, 1.807) is 6.20 Å². The molecule has 0 atom stereocenters. The van der Waals surface area contributed by atoms with E-state index in [0.29, 0.717) is 12.0 Å². The maximum Gasteiger partial charge on any atom is 0.169 e. The van der Waals surface area contributed by atoms with E-state index in [9.17, 15) is 4.79 Å². The van der Waals surface area contributed by atoms with Gasteiger partial charge in [-0.05, 0) is 17.7 Å². The molecule has 3 aromatic rings. The molecule has 3 rings (SSSR count). The molecule has 0 aliphatic rings. The third kappa shape index (κ3) is 2.38. The standard InChI is InChI=1S/C17H13NO/c19-16(12-13-6-2-1-3-7-13)15-10-4-8-14-9-5-11-18-17(14)15/h1-11H,12H2. The Morgan fingerprint density at radius 2 is 1.68 bits per heavy atom. The minimum Gasteiger partial charge on any atom is -0.294 e. The van der Waals surface area contributed by atoms with Crippen molar-refractivity contribution < 1.29 is 4.79 Å². The van der Waals surface area contributed by atoms with E-state index in [2.05, 4.69) is 4.98 Å². The molecule has 0 N–H and O–H groups in total. The Kier molecular flexibility index (Phi) is 3.07. The summed E-state index contributed by atoms with van der Waals surface area (Å²) >= 11 is 0. The fraction of sp³-hybridized carbons (Fsp3) is 0.0588. The second-order valence-electron chi connectivity index (χ2n) is 4.47. The molecule has 0 fully saturated rings. The summed E-state index contributed by atoms with van der Waals surface area (Å²) in [6.45, 7) is 0. The molecule has 2 nitrogen and oxygen atoms in total. The van der Waals surface area contributed by atoms with Crippen molar-refractivity contribution in [3.63, 3.8) is 0 Å². The van der Waals surface area contributed by atoms with Crippen LogP contribution in [0.15, 0.2) is 66.9 Å². The van der Waals surface area contributed by atoms with Gasteiger partial charge < -0.3 is 0 Å². The average molecular weight is 247 g/mol. The number of aromatic nitrogens is 1. The van der Waals surface area contributed by atoms with Gasteiger partial charge in [-0.15, -0.1) is 0 Å². The van der Waals surface area contributed by atoms with Gasteiger partial charge in [0.2, 0.25) is 0 Å². The highest BCUT2D eigenvalue weighted by molar-refractivity contribution is 6.07. The van der Waals surface area contributed by atoms with E-state index in [0.717, 1.165) is 16.5 Å². The highest BCUT2D eigenvalue weighted by Gasteiger charge is 2.11. The average Bonchev–Trinajstić information content (AvgIpc) is 2.47. The van der Waals surface area contributed by atoms with Gasteiger partial charge in [0.15, 0.2) is 5.78 Å². The van der Waals surface area contributed by atoms with E-state index in [1.807, 2.05) is 60.7 Å². The van der Waals surface area contributed by atoms with Gasteiger partial charge in [0.05, 0.1) is 5.52 Å². The van der Waals surface area contributed by atoms with Crippen LogP contribution < -0.4 is 0 Å². The normalized spacial score (nSPS) is 10.5. The second-order valence-corrected chi connectivity index (χ2v) is 4.47. The SMILES string of the molecule is O=C(Cc1ccccc1)c1cccc2cccnc12. The summed E-state index contributed by atoms with van der Waals surface area (Å²) in [5.74, 6) is 0.107. The summed E-state index contributed by atoms with van der Waals surface area (Å²) < 4.78 is 0. The molecule has 0 aliphatic carbocycles. The highest BCUT2D eigenvalue weighted by Crippen LogP contribution is 2.17. The molecule has 0 radical (unpaired) electrons.